The van der Waals surface area contributed by atoms with Crippen LogP contribution in [0.25, 0.3) is 0 Å². The lowest BCUT2D eigenvalue weighted by Crippen LogP contribution is -2.34. The molecule has 100 valence electrons. The van der Waals surface area contributed by atoms with Gasteiger partial charge in [0.15, 0.2) is 0 Å². The van der Waals surface area contributed by atoms with E-state index in [1.807, 2.05) is 30.3 Å². The van der Waals surface area contributed by atoms with E-state index in [0.717, 1.165) is 12.0 Å². The van der Waals surface area contributed by atoms with Gasteiger partial charge in [0.05, 0.1) is 0 Å². The second kappa shape index (κ2) is 5.91. The smallest absolute Gasteiger partial charge is 0.0459 e. The van der Waals surface area contributed by atoms with Crippen LogP contribution in [0.1, 0.15) is 18.1 Å². The van der Waals surface area contributed by atoms with Gasteiger partial charge in [-0.15, -0.1) is 0 Å². The highest BCUT2D eigenvalue weighted by Gasteiger charge is 2.30. The van der Waals surface area contributed by atoms with Gasteiger partial charge in [0.2, 0.25) is 0 Å². The molecule has 0 aliphatic heterocycles. The molecule has 1 atom stereocenters. The molecule has 1 unspecified atom stereocenters. The Morgan fingerprint density at radius 3 is 2.21 bits per heavy atom. The van der Waals surface area contributed by atoms with E-state index >= 15 is 0 Å². The van der Waals surface area contributed by atoms with E-state index in [1.54, 1.807) is 12.4 Å². The van der Waals surface area contributed by atoms with Crippen LogP contribution in [0, 0.1) is 0 Å². The van der Waals surface area contributed by atoms with Crippen molar-refractivity contribution in [3.63, 3.8) is 0 Å². The van der Waals surface area contributed by atoms with Crippen LogP contribution in [-0.4, -0.2) is 11.5 Å². The van der Waals surface area contributed by atoms with Crippen molar-refractivity contribution in [1.82, 2.24) is 4.98 Å². The third kappa shape index (κ3) is 3.08. The molecule has 0 spiro atoms. The van der Waals surface area contributed by atoms with Crippen LogP contribution >= 0.6 is 23.2 Å². The minimum atomic E-state index is -0.295. The van der Waals surface area contributed by atoms with Crippen LogP contribution in [0.15, 0.2) is 42.7 Å². The largest absolute Gasteiger partial charge is 0.330 e. The fourth-order valence-electron chi connectivity index (χ4n) is 2.29. The molecule has 2 aromatic rings. The predicted molar refractivity (Wildman–Crippen MR) is 80.8 cm³/mol. The second-order valence-electron chi connectivity index (χ2n) is 4.89. The number of rotatable bonds is 4. The summed E-state index contributed by atoms with van der Waals surface area (Å²) in [6, 6.07) is 9.52. The molecule has 0 saturated carbocycles. The van der Waals surface area contributed by atoms with Gasteiger partial charge < -0.3 is 5.73 Å². The highest BCUT2D eigenvalue weighted by Crippen LogP contribution is 2.37. The summed E-state index contributed by atoms with van der Waals surface area (Å²) in [5, 5.41) is 1.32. The maximum absolute atomic E-state index is 6.31. The van der Waals surface area contributed by atoms with Crippen molar-refractivity contribution >= 4 is 23.2 Å². The minimum absolute atomic E-state index is 0.295. The van der Waals surface area contributed by atoms with Gasteiger partial charge in [-0.1, -0.05) is 36.2 Å². The van der Waals surface area contributed by atoms with Crippen molar-refractivity contribution in [3.05, 3.63) is 63.9 Å². The number of nitrogens with two attached hydrogens (primary N) is 1. The Morgan fingerprint density at radius 2 is 1.68 bits per heavy atom. The molecule has 2 N–H and O–H groups in total. The Labute approximate surface area is 123 Å². The SMILES string of the molecule is CC(CN)(Cc1ccncc1)c1c(Cl)cccc1Cl. The fourth-order valence-corrected chi connectivity index (χ4v) is 3.14. The molecule has 1 aromatic carbocycles. The molecule has 0 bridgehead atoms. The fraction of sp³-hybridized carbons (Fsp3) is 0.267. The van der Waals surface area contributed by atoms with Gasteiger partial charge in [-0.25, -0.2) is 0 Å². The Hall–Kier alpha value is -1.09. The summed E-state index contributed by atoms with van der Waals surface area (Å²) in [7, 11) is 0. The van der Waals surface area contributed by atoms with Crippen molar-refractivity contribution in [3.8, 4) is 0 Å². The number of aromatic nitrogens is 1. The van der Waals surface area contributed by atoms with Gasteiger partial charge >= 0.3 is 0 Å². The van der Waals surface area contributed by atoms with Gasteiger partial charge in [0.1, 0.15) is 0 Å². The molecule has 0 radical (unpaired) electrons. The zero-order valence-electron chi connectivity index (χ0n) is 10.7. The van der Waals surface area contributed by atoms with Gasteiger partial charge in [-0.05, 0) is 41.8 Å². The third-order valence-electron chi connectivity index (χ3n) is 3.36. The van der Waals surface area contributed by atoms with E-state index in [4.69, 9.17) is 28.9 Å². The summed E-state index contributed by atoms with van der Waals surface area (Å²) in [6.07, 6.45) is 4.33. The molecule has 4 heteroatoms. The first-order valence-corrected chi connectivity index (χ1v) is 6.86. The van der Waals surface area contributed by atoms with Crippen LogP contribution in [0.3, 0.4) is 0 Å². The monoisotopic (exact) mass is 294 g/mol. The van der Waals surface area contributed by atoms with E-state index in [9.17, 15) is 0 Å². The number of hydrogen-bond donors (Lipinski definition) is 1. The molecule has 2 nitrogen and oxygen atoms in total. The maximum atomic E-state index is 6.31. The molecule has 0 amide bonds. The lowest BCUT2D eigenvalue weighted by molar-refractivity contribution is 0.481. The average Bonchev–Trinajstić information content (AvgIpc) is 2.39. The van der Waals surface area contributed by atoms with Crippen molar-refractivity contribution in [2.24, 2.45) is 5.73 Å². The second-order valence-corrected chi connectivity index (χ2v) is 5.71. The molecule has 0 fully saturated rings. The van der Waals surface area contributed by atoms with E-state index in [1.165, 1.54) is 5.56 Å². The first-order valence-electron chi connectivity index (χ1n) is 6.10. The van der Waals surface area contributed by atoms with Crippen molar-refractivity contribution in [2.75, 3.05) is 6.54 Å². The Morgan fingerprint density at radius 1 is 1.11 bits per heavy atom. The topological polar surface area (TPSA) is 38.9 Å². The lowest BCUT2D eigenvalue weighted by atomic mass is 9.77. The molecular formula is C15H16Cl2N2. The number of benzene rings is 1. The van der Waals surface area contributed by atoms with Crippen molar-refractivity contribution < 1.29 is 0 Å². The summed E-state index contributed by atoms with van der Waals surface area (Å²) in [5.41, 5.74) is 7.78. The molecule has 0 saturated heterocycles. The van der Waals surface area contributed by atoms with Crippen molar-refractivity contribution in [1.29, 1.82) is 0 Å². The molecule has 2 rings (SSSR count). The number of pyridine rings is 1. The maximum Gasteiger partial charge on any atom is 0.0459 e. The Kier molecular flexibility index (Phi) is 4.46. The van der Waals surface area contributed by atoms with Crippen LogP contribution in [0.2, 0.25) is 10.0 Å². The quantitative estimate of drug-likeness (QED) is 0.930. The van der Waals surface area contributed by atoms with E-state index < -0.39 is 0 Å². The Balaban J connectivity index is 2.43. The molecule has 0 aliphatic rings. The van der Waals surface area contributed by atoms with E-state index in [2.05, 4.69) is 11.9 Å². The van der Waals surface area contributed by atoms with Gasteiger partial charge in [0.25, 0.3) is 0 Å². The highest BCUT2D eigenvalue weighted by atomic mass is 35.5. The number of nitrogens with zero attached hydrogens (tertiary/aromatic N) is 1. The van der Waals surface area contributed by atoms with E-state index in [-0.39, 0.29) is 5.41 Å². The zero-order valence-corrected chi connectivity index (χ0v) is 12.2. The van der Waals surface area contributed by atoms with Gasteiger partial charge in [0, 0.05) is 34.4 Å². The molecule has 0 aliphatic carbocycles. The molecule has 1 aromatic heterocycles. The highest BCUT2D eigenvalue weighted by molar-refractivity contribution is 6.36. The van der Waals surface area contributed by atoms with Crippen LogP contribution in [0.4, 0.5) is 0 Å². The normalized spacial score (nSPS) is 14.1. The average molecular weight is 295 g/mol. The van der Waals surface area contributed by atoms with Gasteiger partial charge in [-0.2, -0.15) is 0 Å². The van der Waals surface area contributed by atoms with Crippen LogP contribution in [-0.2, 0) is 11.8 Å². The molecular weight excluding hydrogens is 279 g/mol. The molecule has 1 heterocycles. The summed E-state index contributed by atoms with van der Waals surface area (Å²) in [4.78, 5) is 4.03. The summed E-state index contributed by atoms with van der Waals surface area (Å²) in [5.74, 6) is 0. The minimum Gasteiger partial charge on any atom is -0.330 e. The zero-order chi connectivity index (χ0) is 13.9. The standard InChI is InChI=1S/C15H16Cl2N2/c1-15(10-18,9-11-5-7-19-8-6-11)14-12(16)3-2-4-13(14)17/h2-8H,9-10,18H2,1H3. The van der Waals surface area contributed by atoms with Crippen LogP contribution in [0.5, 0.6) is 0 Å². The number of hydrogen-bond acceptors (Lipinski definition) is 2. The Bertz CT molecular complexity index is 537. The number of halogens is 2. The van der Waals surface area contributed by atoms with E-state index in [0.29, 0.717) is 16.6 Å². The first-order chi connectivity index (χ1) is 9.07. The van der Waals surface area contributed by atoms with Crippen molar-refractivity contribution in [2.45, 2.75) is 18.8 Å². The van der Waals surface area contributed by atoms with Gasteiger partial charge in [-0.3, -0.25) is 4.98 Å². The first kappa shape index (κ1) is 14.3. The summed E-state index contributed by atoms with van der Waals surface area (Å²) >= 11 is 12.6. The summed E-state index contributed by atoms with van der Waals surface area (Å²) < 4.78 is 0. The lowest BCUT2D eigenvalue weighted by Gasteiger charge is -2.30. The predicted octanol–water partition coefficient (Wildman–Crippen LogP) is 3.85. The molecule has 19 heavy (non-hydrogen) atoms. The summed E-state index contributed by atoms with van der Waals surface area (Å²) in [6.45, 7) is 2.55. The van der Waals surface area contributed by atoms with Crippen LogP contribution < -0.4 is 5.73 Å². The third-order valence-corrected chi connectivity index (χ3v) is 3.99.